The molecule has 27 heavy (non-hydrogen) atoms. The molecular formula is C22H19NO4. The van der Waals surface area contributed by atoms with Crippen LogP contribution in [0.2, 0.25) is 0 Å². The molecule has 5 nitrogen and oxygen atoms in total. The molecule has 0 heterocycles. The van der Waals surface area contributed by atoms with Crippen molar-refractivity contribution in [1.82, 2.24) is 0 Å². The highest BCUT2D eigenvalue weighted by Gasteiger charge is 2.25. The minimum absolute atomic E-state index is 0.0596. The first-order valence-corrected chi connectivity index (χ1v) is 8.61. The van der Waals surface area contributed by atoms with Crippen LogP contribution in [0.25, 0.3) is 0 Å². The minimum atomic E-state index is -0.512. The van der Waals surface area contributed by atoms with E-state index in [-0.39, 0.29) is 17.2 Å². The summed E-state index contributed by atoms with van der Waals surface area (Å²) in [5.41, 5.74) is 2.16. The second-order valence-electron chi connectivity index (χ2n) is 6.24. The van der Waals surface area contributed by atoms with Crippen molar-refractivity contribution in [2.45, 2.75) is 18.9 Å². The summed E-state index contributed by atoms with van der Waals surface area (Å²) in [6.45, 7) is 2.01. The molecule has 3 aromatic rings. The van der Waals surface area contributed by atoms with Crippen LogP contribution in [0.15, 0.2) is 84.9 Å². The Morgan fingerprint density at radius 2 is 1.37 bits per heavy atom. The van der Waals surface area contributed by atoms with E-state index < -0.39 is 17.0 Å². The van der Waals surface area contributed by atoms with E-state index >= 15 is 0 Å². The van der Waals surface area contributed by atoms with Gasteiger partial charge in [0.1, 0.15) is 6.10 Å². The van der Waals surface area contributed by atoms with E-state index in [4.69, 9.17) is 4.74 Å². The van der Waals surface area contributed by atoms with Crippen LogP contribution in [0.4, 0.5) is 5.69 Å². The van der Waals surface area contributed by atoms with Crippen LogP contribution in [0.1, 0.15) is 40.4 Å². The highest BCUT2D eigenvalue weighted by atomic mass is 16.6. The first-order chi connectivity index (χ1) is 13.1. The molecule has 0 bridgehead atoms. The van der Waals surface area contributed by atoms with Gasteiger partial charge in [0, 0.05) is 18.1 Å². The topological polar surface area (TPSA) is 69.4 Å². The Hall–Kier alpha value is -3.47. The molecule has 0 unspecified atom stereocenters. The first-order valence-electron chi connectivity index (χ1n) is 8.61. The zero-order valence-corrected chi connectivity index (χ0v) is 14.8. The smallest absolute Gasteiger partial charge is 0.338 e. The van der Waals surface area contributed by atoms with E-state index in [0.29, 0.717) is 0 Å². The van der Waals surface area contributed by atoms with E-state index in [1.54, 1.807) is 0 Å². The Balaban J connectivity index is 1.87. The molecule has 136 valence electrons. The van der Waals surface area contributed by atoms with E-state index in [1.165, 1.54) is 24.3 Å². The zero-order chi connectivity index (χ0) is 19.2. The molecule has 0 fully saturated rings. The molecule has 0 amide bonds. The normalized spacial score (nSPS) is 12.8. The molecule has 5 heteroatoms. The summed E-state index contributed by atoms with van der Waals surface area (Å²) in [4.78, 5) is 22.9. The van der Waals surface area contributed by atoms with Gasteiger partial charge in [0.25, 0.3) is 5.69 Å². The average Bonchev–Trinajstić information content (AvgIpc) is 2.72. The fourth-order valence-electron chi connectivity index (χ4n) is 2.94. The third-order valence-corrected chi connectivity index (χ3v) is 4.46. The van der Waals surface area contributed by atoms with Crippen molar-refractivity contribution in [3.63, 3.8) is 0 Å². The Morgan fingerprint density at radius 1 is 0.852 bits per heavy atom. The fourth-order valence-corrected chi connectivity index (χ4v) is 2.94. The Morgan fingerprint density at radius 3 is 1.89 bits per heavy atom. The van der Waals surface area contributed by atoms with Gasteiger partial charge in [-0.25, -0.2) is 4.79 Å². The Kier molecular flexibility index (Phi) is 5.61. The molecular weight excluding hydrogens is 342 g/mol. The summed E-state index contributed by atoms with van der Waals surface area (Å²) in [5, 5.41) is 10.8. The van der Waals surface area contributed by atoms with Gasteiger partial charge in [-0.05, 0) is 23.3 Å². The summed E-state index contributed by atoms with van der Waals surface area (Å²) in [6, 6.07) is 24.8. The van der Waals surface area contributed by atoms with Gasteiger partial charge in [-0.1, -0.05) is 67.6 Å². The van der Waals surface area contributed by atoms with Crippen LogP contribution in [-0.2, 0) is 4.74 Å². The van der Waals surface area contributed by atoms with Crippen LogP contribution >= 0.6 is 0 Å². The van der Waals surface area contributed by atoms with E-state index in [0.717, 1.165) is 11.1 Å². The van der Waals surface area contributed by atoms with Crippen molar-refractivity contribution >= 4 is 11.7 Å². The summed E-state index contributed by atoms with van der Waals surface area (Å²) in [7, 11) is 0. The third kappa shape index (κ3) is 4.39. The van der Waals surface area contributed by atoms with Crippen molar-refractivity contribution in [2.24, 2.45) is 0 Å². The third-order valence-electron chi connectivity index (χ3n) is 4.46. The predicted octanol–water partition coefficient (Wildman–Crippen LogP) is 5.30. The maximum Gasteiger partial charge on any atom is 0.338 e. The van der Waals surface area contributed by atoms with Crippen LogP contribution in [0.5, 0.6) is 0 Å². The van der Waals surface area contributed by atoms with Crippen molar-refractivity contribution < 1.29 is 14.5 Å². The molecule has 0 saturated heterocycles. The second kappa shape index (κ2) is 8.27. The summed E-state index contributed by atoms with van der Waals surface area (Å²) < 4.78 is 5.83. The minimum Gasteiger partial charge on any atom is -0.453 e. The molecule has 0 N–H and O–H groups in total. The molecule has 3 aromatic carbocycles. The van der Waals surface area contributed by atoms with Crippen molar-refractivity contribution in [3.8, 4) is 0 Å². The lowest BCUT2D eigenvalue weighted by atomic mass is 9.90. The number of nitrogens with zero attached hydrogens (tertiary/aromatic N) is 1. The number of hydrogen-bond donors (Lipinski definition) is 0. The number of hydrogen-bond acceptors (Lipinski definition) is 4. The van der Waals surface area contributed by atoms with Crippen molar-refractivity contribution in [1.29, 1.82) is 0 Å². The number of ether oxygens (including phenoxy) is 1. The highest BCUT2D eigenvalue weighted by molar-refractivity contribution is 5.89. The molecule has 2 atom stereocenters. The van der Waals surface area contributed by atoms with Gasteiger partial charge >= 0.3 is 5.97 Å². The summed E-state index contributed by atoms with van der Waals surface area (Å²) >= 11 is 0. The predicted molar refractivity (Wildman–Crippen MR) is 103 cm³/mol. The lowest BCUT2D eigenvalue weighted by molar-refractivity contribution is -0.384. The lowest BCUT2D eigenvalue weighted by Crippen LogP contribution is -2.17. The van der Waals surface area contributed by atoms with Gasteiger partial charge in [-0.2, -0.15) is 0 Å². The standard InChI is InChI=1S/C22H19NO4/c1-16(17-8-4-2-5-9-17)21(18-10-6-3-7-11-18)27-22(24)19-12-14-20(15-13-19)23(25)26/h2-16,21H,1H3/t16-,21-/m1/s1. The number of nitro groups is 1. The Labute approximate surface area is 157 Å². The summed E-state index contributed by atoms with van der Waals surface area (Å²) in [5.74, 6) is -0.572. The molecule has 0 saturated carbocycles. The quantitative estimate of drug-likeness (QED) is 0.339. The van der Waals surface area contributed by atoms with Crippen molar-refractivity contribution in [3.05, 3.63) is 112 Å². The molecule has 0 spiro atoms. The van der Waals surface area contributed by atoms with E-state index in [1.807, 2.05) is 67.6 Å². The lowest BCUT2D eigenvalue weighted by Gasteiger charge is -2.25. The SMILES string of the molecule is C[C@H](c1ccccc1)[C@@H](OC(=O)c1ccc([N+](=O)[O-])cc1)c1ccccc1. The number of esters is 1. The molecule has 3 rings (SSSR count). The van der Waals surface area contributed by atoms with Gasteiger partial charge in [0.2, 0.25) is 0 Å². The Bertz CT molecular complexity index is 908. The van der Waals surface area contributed by atoms with Crippen LogP contribution < -0.4 is 0 Å². The number of carbonyl (C=O) groups is 1. The fraction of sp³-hybridized carbons (Fsp3) is 0.136. The molecule has 0 radical (unpaired) electrons. The molecule has 0 aliphatic heterocycles. The molecule has 0 aliphatic rings. The van der Waals surface area contributed by atoms with Crippen LogP contribution in [0.3, 0.4) is 0 Å². The monoisotopic (exact) mass is 361 g/mol. The van der Waals surface area contributed by atoms with Gasteiger partial charge < -0.3 is 4.74 Å². The van der Waals surface area contributed by atoms with Gasteiger partial charge in [0.05, 0.1) is 10.5 Å². The first kappa shape index (κ1) is 18.3. The van der Waals surface area contributed by atoms with E-state index in [9.17, 15) is 14.9 Å². The van der Waals surface area contributed by atoms with E-state index in [2.05, 4.69) is 0 Å². The van der Waals surface area contributed by atoms with Crippen LogP contribution in [0, 0.1) is 10.1 Å². The number of rotatable bonds is 6. The maximum atomic E-state index is 12.7. The van der Waals surface area contributed by atoms with Gasteiger partial charge in [-0.3, -0.25) is 10.1 Å². The zero-order valence-electron chi connectivity index (χ0n) is 14.8. The van der Waals surface area contributed by atoms with Gasteiger partial charge in [0.15, 0.2) is 0 Å². The molecule has 0 aromatic heterocycles. The highest BCUT2D eigenvalue weighted by Crippen LogP contribution is 2.34. The number of non-ortho nitro benzene ring substituents is 1. The number of benzene rings is 3. The average molecular weight is 361 g/mol. The largest absolute Gasteiger partial charge is 0.453 e. The molecule has 0 aliphatic carbocycles. The second-order valence-corrected chi connectivity index (χ2v) is 6.24. The van der Waals surface area contributed by atoms with Gasteiger partial charge in [-0.15, -0.1) is 0 Å². The van der Waals surface area contributed by atoms with Crippen molar-refractivity contribution in [2.75, 3.05) is 0 Å². The number of carbonyl (C=O) groups excluding carboxylic acids is 1. The van der Waals surface area contributed by atoms with Crippen LogP contribution in [-0.4, -0.2) is 10.9 Å². The maximum absolute atomic E-state index is 12.7. The summed E-state index contributed by atoms with van der Waals surface area (Å²) in [6.07, 6.45) is -0.476. The number of nitro benzene ring substituents is 1.